The van der Waals surface area contributed by atoms with Gasteiger partial charge in [0, 0.05) is 57.1 Å². The maximum Gasteiger partial charge on any atom is 0.228 e. The van der Waals surface area contributed by atoms with E-state index in [0.717, 1.165) is 89.7 Å². The van der Waals surface area contributed by atoms with E-state index in [4.69, 9.17) is 22.7 Å². The summed E-state index contributed by atoms with van der Waals surface area (Å²) in [4.78, 5) is 18.3. The van der Waals surface area contributed by atoms with Gasteiger partial charge in [-0.1, -0.05) is 167 Å². The van der Waals surface area contributed by atoms with Crippen molar-refractivity contribution in [2.45, 2.75) is 96.9 Å². The maximum absolute atomic E-state index is 13.1. The Morgan fingerprint density at radius 1 is 0.351 bits per heavy atom. The van der Waals surface area contributed by atoms with Crippen LogP contribution in [-0.4, -0.2) is 19.9 Å². The van der Waals surface area contributed by atoms with Gasteiger partial charge in [0.1, 0.15) is 50.6 Å². The highest BCUT2D eigenvalue weighted by Gasteiger charge is 2.25. The summed E-state index contributed by atoms with van der Waals surface area (Å²) in [5.41, 5.74) is 26.2. The Labute approximate surface area is 570 Å². The second kappa shape index (κ2) is 31.0. The summed E-state index contributed by atoms with van der Waals surface area (Å²) < 4.78 is 44.8. The molecule has 0 spiro atoms. The summed E-state index contributed by atoms with van der Waals surface area (Å²) in [7, 11) is 8.11. The number of fused-ring (bicyclic) bond motifs is 4. The molecule has 0 saturated heterocycles. The standard InChI is InChI=1S/C26H29N2O.C20H16FN2O.C20H17N2O.C14H13N2O.4CH4/c1-16(2)19-12-9-13-20(17(3)4)25(19)26-27-22-14-23(28(6)15-24(22)29-26)21-11-8-7-10-18(21)5;1-13-5-3-4-6-16(13)18-11-17-19(12-23(18)2)24-20(22-17)14-7-9-15(21)10-8-14;1-14-8-6-7-11-16(14)18-12-17-19(13-22(18)2)23-20(21-17)15-9-4-3-5-10-15;1-10-5-3-4-6-11(10)13-7-14-12(8-16(13)2)15-9-17-14;;;;/h7-17H,1-6H3;3-12H,1-2H3;3-13H,1-2H3;3-9H,1-2H3;4*1H4/q4*+1;;;;. The van der Waals surface area contributed by atoms with Crippen LogP contribution in [0, 0.1) is 33.5 Å². The van der Waals surface area contributed by atoms with Gasteiger partial charge in [0.05, 0.1) is 6.07 Å². The summed E-state index contributed by atoms with van der Waals surface area (Å²) in [5, 5.41) is 0. The number of oxazole rings is 4. The van der Waals surface area contributed by atoms with Crippen LogP contribution in [-0.2, 0) is 28.2 Å². The van der Waals surface area contributed by atoms with E-state index >= 15 is 0 Å². The van der Waals surface area contributed by atoms with Gasteiger partial charge >= 0.3 is 0 Å². The molecular formula is C84H91FN8O4+4. The van der Waals surface area contributed by atoms with E-state index in [-0.39, 0.29) is 35.5 Å². The summed E-state index contributed by atoms with van der Waals surface area (Å²) in [6.45, 7) is 17.4. The fourth-order valence-corrected chi connectivity index (χ4v) is 11.8. The minimum atomic E-state index is -0.275. The molecule has 0 fully saturated rings. The van der Waals surface area contributed by atoms with Crippen LogP contribution in [0.2, 0.25) is 0 Å². The third kappa shape index (κ3) is 15.4. The van der Waals surface area contributed by atoms with Crippen LogP contribution in [0.15, 0.2) is 243 Å². The van der Waals surface area contributed by atoms with Gasteiger partial charge in [0.15, 0.2) is 23.7 Å². The number of benzene rings is 7. The average Bonchev–Trinajstić information content (AvgIpc) is 1.67. The molecule has 0 unspecified atom stereocenters. The van der Waals surface area contributed by atoms with E-state index in [9.17, 15) is 4.39 Å². The van der Waals surface area contributed by atoms with Crippen molar-refractivity contribution in [1.29, 1.82) is 0 Å². The van der Waals surface area contributed by atoms with Gasteiger partial charge in [-0.25, -0.2) is 24.3 Å². The van der Waals surface area contributed by atoms with Crippen molar-refractivity contribution < 1.29 is 40.3 Å². The molecule has 0 atom stereocenters. The third-order valence-corrected chi connectivity index (χ3v) is 16.9. The lowest BCUT2D eigenvalue weighted by Gasteiger charge is -2.17. The molecule has 0 aliphatic rings. The molecule has 97 heavy (non-hydrogen) atoms. The van der Waals surface area contributed by atoms with Gasteiger partial charge in [0.2, 0.25) is 75.8 Å². The number of rotatable bonds is 9. The highest BCUT2D eigenvalue weighted by Crippen LogP contribution is 2.38. The summed E-state index contributed by atoms with van der Waals surface area (Å²) in [6, 6.07) is 64.3. The number of hydrogen-bond acceptors (Lipinski definition) is 8. The molecule has 15 aromatic rings. The first-order chi connectivity index (χ1) is 45.0. The first kappa shape index (κ1) is 71.8. The van der Waals surface area contributed by atoms with Crippen LogP contribution in [0.4, 0.5) is 4.39 Å². The van der Waals surface area contributed by atoms with E-state index in [1.54, 1.807) is 12.1 Å². The second-order valence-electron chi connectivity index (χ2n) is 24.2. The minimum absolute atomic E-state index is 0. The fraction of sp³-hybridized carbons (Fsp3) is 0.214. The summed E-state index contributed by atoms with van der Waals surface area (Å²) >= 11 is 0. The Morgan fingerprint density at radius 3 is 1.08 bits per heavy atom. The van der Waals surface area contributed by atoms with Crippen LogP contribution in [0.5, 0.6) is 0 Å². The minimum Gasteiger partial charge on any atom is -0.443 e. The lowest BCUT2D eigenvalue weighted by atomic mass is 9.88. The largest absolute Gasteiger partial charge is 0.443 e. The molecule has 7 aromatic carbocycles. The molecular weight excluding hydrogens is 1200 g/mol. The van der Waals surface area contributed by atoms with Crippen molar-refractivity contribution in [1.82, 2.24) is 19.9 Å². The smallest absolute Gasteiger partial charge is 0.228 e. The van der Waals surface area contributed by atoms with Crippen molar-refractivity contribution in [3.63, 3.8) is 0 Å². The molecule has 15 rings (SSSR count). The third-order valence-electron chi connectivity index (χ3n) is 16.9. The van der Waals surface area contributed by atoms with E-state index in [1.807, 2.05) is 117 Å². The molecule has 0 N–H and O–H groups in total. The Morgan fingerprint density at radius 2 is 0.691 bits per heavy atom. The molecule has 494 valence electrons. The molecule has 12 nitrogen and oxygen atoms in total. The molecule has 8 heterocycles. The highest BCUT2D eigenvalue weighted by atomic mass is 19.1. The van der Waals surface area contributed by atoms with Gasteiger partial charge in [-0.3, -0.25) is 0 Å². The van der Waals surface area contributed by atoms with E-state index in [1.165, 1.54) is 68.6 Å². The van der Waals surface area contributed by atoms with Crippen molar-refractivity contribution in [3.8, 4) is 79.4 Å². The Balaban J connectivity index is 0.000000165. The van der Waals surface area contributed by atoms with Crippen LogP contribution >= 0.6 is 0 Å². The zero-order valence-electron chi connectivity index (χ0n) is 54.6. The first-order valence-corrected chi connectivity index (χ1v) is 31.3. The molecule has 0 saturated carbocycles. The number of pyridine rings is 4. The van der Waals surface area contributed by atoms with Crippen molar-refractivity contribution in [2.75, 3.05) is 0 Å². The number of halogens is 1. The molecule has 0 aliphatic heterocycles. The van der Waals surface area contributed by atoms with Gasteiger partial charge in [-0.15, -0.1) is 0 Å². The number of aryl methyl sites for hydroxylation is 8. The maximum atomic E-state index is 13.1. The van der Waals surface area contributed by atoms with Crippen molar-refractivity contribution in [2.24, 2.45) is 28.2 Å². The first-order valence-electron chi connectivity index (χ1n) is 31.3. The van der Waals surface area contributed by atoms with Crippen LogP contribution in [0.3, 0.4) is 0 Å². The van der Waals surface area contributed by atoms with Gasteiger partial charge < -0.3 is 17.7 Å². The lowest BCUT2D eigenvalue weighted by Crippen LogP contribution is -2.30. The van der Waals surface area contributed by atoms with Crippen molar-refractivity contribution in [3.05, 3.63) is 265 Å². The summed E-state index contributed by atoms with van der Waals surface area (Å²) in [6.07, 6.45) is 9.43. The van der Waals surface area contributed by atoms with Gasteiger partial charge in [-0.2, -0.15) is 18.3 Å². The number of hydrogen-bond donors (Lipinski definition) is 0. The van der Waals surface area contributed by atoms with Crippen LogP contribution in [0.1, 0.15) is 103 Å². The molecule has 0 bridgehead atoms. The number of aromatic nitrogens is 8. The van der Waals surface area contributed by atoms with Crippen LogP contribution < -0.4 is 18.3 Å². The predicted octanol–water partition coefficient (Wildman–Crippen LogP) is 20.4. The van der Waals surface area contributed by atoms with E-state index < -0.39 is 0 Å². The summed E-state index contributed by atoms with van der Waals surface area (Å²) in [5.74, 6) is 2.39. The lowest BCUT2D eigenvalue weighted by molar-refractivity contribution is -0.659. The second-order valence-corrected chi connectivity index (χ2v) is 24.2. The topological polar surface area (TPSA) is 120 Å². The van der Waals surface area contributed by atoms with Crippen LogP contribution in [0.25, 0.3) is 124 Å². The van der Waals surface area contributed by atoms with E-state index in [0.29, 0.717) is 29.2 Å². The van der Waals surface area contributed by atoms with Crippen molar-refractivity contribution >= 4 is 44.4 Å². The predicted molar refractivity (Wildman–Crippen MR) is 393 cm³/mol. The average molecular weight is 1300 g/mol. The molecule has 0 aliphatic carbocycles. The Kier molecular flexibility index (Phi) is 23.0. The zero-order chi connectivity index (χ0) is 65.0. The Hall–Kier alpha value is -11.1. The van der Waals surface area contributed by atoms with E-state index in [2.05, 4.69) is 194 Å². The monoisotopic (exact) mass is 1290 g/mol. The molecule has 0 radical (unpaired) electrons. The zero-order valence-corrected chi connectivity index (χ0v) is 54.6. The quantitative estimate of drug-likeness (QED) is 0.131. The fourth-order valence-electron chi connectivity index (χ4n) is 11.8. The SMILES string of the molecule is C.C.C.C.Cc1ccccc1-c1cc2nc(-c3c(C(C)C)cccc3C(C)C)oc2c[n+]1C.Cc1ccccc1-c1cc2nc(-c3ccc(F)cc3)oc2c[n+]1C.Cc1ccccc1-c1cc2nc(-c3ccccc3)oc2c[n+]1C.Cc1ccccc1-c1cc2ocnc2c[n+]1C. The van der Waals surface area contributed by atoms with Gasteiger partial charge in [-0.05, 0) is 134 Å². The number of nitrogens with zero attached hydrogens (tertiary/aromatic N) is 8. The Bertz CT molecular complexity index is 5150. The normalized spacial score (nSPS) is 10.8. The molecule has 0 amide bonds. The molecule has 8 aromatic heterocycles. The molecule has 13 heteroatoms. The highest BCUT2D eigenvalue weighted by molar-refractivity contribution is 5.82. The van der Waals surface area contributed by atoms with Gasteiger partial charge in [0.25, 0.3) is 0 Å².